The van der Waals surface area contributed by atoms with Crippen molar-refractivity contribution in [2.45, 2.75) is 0 Å². The van der Waals surface area contributed by atoms with Gasteiger partial charge in [-0.05, 0) is 0 Å². The van der Waals surface area contributed by atoms with E-state index in [-0.39, 0.29) is 0 Å². The Morgan fingerprint density at radius 3 is 1.17 bits per heavy atom. The molecule has 6 fully saturated rings. The molecular formula is O4PbSi. The molecule has 0 aromatic carbocycles. The molecule has 6 heterocycles. The van der Waals surface area contributed by atoms with Crippen LogP contribution in [0.3, 0.4) is 0 Å². The molecule has 32 valence electrons. The fourth-order valence-corrected chi connectivity index (χ4v) is 17.3. The molecule has 6 rings (SSSR count). The van der Waals surface area contributed by atoms with E-state index in [1.165, 1.54) is 0 Å². The molecule has 0 N–H and O–H groups in total. The van der Waals surface area contributed by atoms with Crippen molar-refractivity contribution in [2.24, 2.45) is 0 Å². The van der Waals surface area contributed by atoms with Gasteiger partial charge in [0.1, 0.15) is 0 Å². The van der Waals surface area contributed by atoms with Crippen LogP contribution < -0.4 is 0 Å². The van der Waals surface area contributed by atoms with Crippen molar-refractivity contribution in [3.63, 3.8) is 0 Å². The summed E-state index contributed by atoms with van der Waals surface area (Å²) in [5, 5.41) is 0. The van der Waals surface area contributed by atoms with Crippen molar-refractivity contribution in [1.29, 1.82) is 0 Å². The Morgan fingerprint density at radius 1 is 1.00 bits per heavy atom. The molecule has 0 radical (unpaired) electrons. The second kappa shape index (κ2) is 0.514. The van der Waals surface area contributed by atoms with Gasteiger partial charge in [-0.3, -0.25) is 0 Å². The molecule has 0 unspecified atom stereocenters. The van der Waals surface area contributed by atoms with E-state index in [2.05, 4.69) is 0 Å². The van der Waals surface area contributed by atoms with Crippen molar-refractivity contribution in [3.8, 4) is 0 Å². The molecule has 0 amide bonds. The first-order valence-corrected chi connectivity index (χ1v) is 9.61. The summed E-state index contributed by atoms with van der Waals surface area (Å²) < 4.78 is 19.9. The third-order valence-electron chi connectivity index (χ3n) is 1.000. The predicted molar refractivity (Wildman–Crippen MR) is 15.8 cm³/mol. The zero-order valence-electron chi connectivity index (χ0n) is 2.63. The Morgan fingerprint density at radius 2 is 1.17 bits per heavy atom. The fourth-order valence-electron chi connectivity index (χ4n) is 0.658. The summed E-state index contributed by atoms with van der Waals surface area (Å²) in [6, 6.07) is 0. The fraction of sp³-hybridized carbons (Fsp3) is 0. The summed E-state index contributed by atoms with van der Waals surface area (Å²) in [6.45, 7) is 0. The van der Waals surface area contributed by atoms with Gasteiger partial charge in [0.25, 0.3) is 0 Å². The van der Waals surface area contributed by atoms with Crippen molar-refractivity contribution < 1.29 is 9.51 Å². The Kier molecular flexibility index (Phi) is 0.265. The summed E-state index contributed by atoms with van der Waals surface area (Å²) in [7, 11) is -2.07. The topological polar surface area (TPSA) is 36.9 Å². The standard InChI is InChI=1S/O4Si.Pb/c1-5(2,3)4;/q-4;+4. The van der Waals surface area contributed by atoms with Crippen LogP contribution in [-0.4, -0.2) is 32.0 Å². The van der Waals surface area contributed by atoms with Crippen molar-refractivity contribution in [3.05, 3.63) is 0 Å². The van der Waals surface area contributed by atoms with Crippen LogP contribution in [0.25, 0.3) is 0 Å². The van der Waals surface area contributed by atoms with Crippen LogP contribution in [0.4, 0.5) is 0 Å². The van der Waals surface area contributed by atoms with Gasteiger partial charge in [-0.15, -0.1) is 0 Å². The van der Waals surface area contributed by atoms with Crippen LogP contribution >= 0.6 is 0 Å². The van der Waals surface area contributed by atoms with E-state index >= 15 is 0 Å². The van der Waals surface area contributed by atoms with Crippen molar-refractivity contribution >= 4 is 32.0 Å². The van der Waals surface area contributed by atoms with Gasteiger partial charge in [0.15, 0.2) is 0 Å². The zero-order chi connectivity index (χ0) is 3.83. The van der Waals surface area contributed by atoms with E-state index < -0.39 is 32.0 Å². The number of hydrogen-bond acceptors (Lipinski definition) is 4. The maximum absolute atomic E-state index is 4.99. The van der Waals surface area contributed by atoms with Gasteiger partial charge in [0, 0.05) is 0 Å². The average Bonchev–Trinajstić information content (AvgIpc) is 0.503. The van der Waals surface area contributed by atoms with Crippen LogP contribution in [0, 0.1) is 0 Å². The number of rotatable bonds is 0. The molecule has 0 saturated carbocycles. The summed E-state index contributed by atoms with van der Waals surface area (Å²) in [6.07, 6.45) is 0. The molecule has 0 aromatic heterocycles. The Labute approximate surface area is 41.7 Å². The minimum absolute atomic E-state index is 2.07. The molecule has 6 heavy (non-hydrogen) atoms. The normalized spacial score (nSPS) is 80.0. The molecule has 0 aromatic rings. The van der Waals surface area contributed by atoms with Gasteiger partial charge in [-0.1, -0.05) is 0 Å². The van der Waals surface area contributed by atoms with Gasteiger partial charge in [0.05, 0.1) is 0 Å². The van der Waals surface area contributed by atoms with E-state index in [0.717, 1.165) is 0 Å². The number of hydrogen-bond donors (Lipinski definition) is 0. The minimum atomic E-state index is -2.81. The zero-order valence-corrected chi connectivity index (χ0v) is 7.52. The third-order valence-corrected chi connectivity index (χ3v) is 26.3. The third kappa shape index (κ3) is 0.126. The Balaban J connectivity index is 2.31. The molecular weight excluding hydrogens is 299 g/mol. The van der Waals surface area contributed by atoms with Gasteiger partial charge < -0.3 is 0 Å². The van der Waals surface area contributed by atoms with Gasteiger partial charge in [-0.2, -0.15) is 0 Å². The SMILES string of the molecule is [O]1[Si]23[O][Pb]1([O]2)[O]3. The van der Waals surface area contributed by atoms with Crippen LogP contribution in [-0.2, 0) is 9.51 Å². The predicted octanol–water partition coefficient (Wildman–Crippen LogP) is -1.04. The molecule has 6 heteroatoms. The van der Waals surface area contributed by atoms with Crippen molar-refractivity contribution in [1.82, 2.24) is 0 Å². The van der Waals surface area contributed by atoms with Crippen LogP contribution in [0.1, 0.15) is 0 Å². The van der Waals surface area contributed by atoms with E-state index in [1.54, 1.807) is 0 Å². The maximum atomic E-state index is 4.99. The molecule has 0 spiro atoms. The quantitative estimate of drug-likeness (QED) is 0.536. The molecule has 0 atom stereocenters. The van der Waals surface area contributed by atoms with Crippen molar-refractivity contribution in [2.75, 3.05) is 0 Å². The second-order valence-electron chi connectivity index (χ2n) is 1.41. The van der Waals surface area contributed by atoms with E-state index in [1.807, 2.05) is 0 Å². The average molecular weight is 299 g/mol. The van der Waals surface area contributed by atoms with E-state index in [9.17, 15) is 0 Å². The Bertz CT molecular complexity index is 84.5. The van der Waals surface area contributed by atoms with Crippen LogP contribution in [0.5, 0.6) is 0 Å². The molecule has 0 aliphatic carbocycles. The van der Waals surface area contributed by atoms with Gasteiger partial charge in [-0.25, -0.2) is 0 Å². The first-order chi connectivity index (χ1) is 2.83. The second-order valence-corrected chi connectivity index (χ2v) is 16.6. The van der Waals surface area contributed by atoms with E-state index in [4.69, 9.17) is 9.51 Å². The molecule has 6 aliphatic heterocycles. The molecule has 4 nitrogen and oxygen atoms in total. The van der Waals surface area contributed by atoms with Crippen LogP contribution in [0.2, 0.25) is 0 Å². The molecule has 6 saturated heterocycles. The summed E-state index contributed by atoms with van der Waals surface area (Å²) in [4.78, 5) is 0. The summed E-state index contributed by atoms with van der Waals surface area (Å²) in [5.74, 6) is 0. The van der Waals surface area contributed by atoms with E-state index in [0.29, 0.717) is 0 Å². The monoisotopic (exact) mass is 300 g/mol. The first kappa shape index (κ1) is 3.09. The summed E-state index contributed by atoms with van der Waals surface area (Å²) >= 11 is -2.81. The Hall–Kier alpha value is 0.979. The molecule has 2 bridgehead atoms. The van der Waals surface area contributed by atoms with Gasteiger partial charge in [0.2, 0.25) is 0 Å². The molecule has 6 aliphatic rings. The first-order valence-electron chi connectivity index (χ1n) is 1.63. The van der Waals surface area contributed by atoms with Crippen LogP contribution in [0.15, 0.2) is 0 Å². The van der Waals surface area contributed by atoms with Gasteiger partial charge >= 0.3 is 41.5 Å². The summed E-state index contributed by atoms with van der Waals surface area (Å²) in [5.41, 5.74) is 0.